The molecule has 17 heavy (non-hydrogen) atoms. The molecule has 0 radical (unpaired) electrons. The predicted molar refractivity (Wildman–Crippen MR) is 66.8 cm³/mol. The number of amides is 2. The zero-order valence-electron chi connectivity index (χ0n) is 9.97. The summed E-state index contributed by atoms with van der Waals surface area (Å²) in [6.45, 7) is 3.89. The number of carbonyl (C=O) groups excluding carboxylic acids is 2. The Morgan fingerprint density at radius 3 is 3.00 bits per heavy atom. The topological polar surface area (TPSA) is 49.4 Å². The van der Waals surface area contributed by atoms with Crippen LogP contribution in [0.1, 0.15) is 19.4 Å². The van der Waals surface area contributed by atoms with E-state index in [0.717, 1.165) is 6.42 Å². The van der Waals surface area contributed by atoms with Crippen molar-refractivity contribution >= 4 is 23.2 Å². The van der Waals surface area contributed by atoms with Gasteiger partial charge in [-0.2, -0.15) is 11.3 Å². The molecular weight excluding hydrogens is 236 g/mol. The Hall–Kier alpha value is -1.36. The van der Waals surface area contributed by atoms with E-state index in [1.807, 2.05) is 12.3 Å². The molecule has 1 saturated heterocycles. The summed E-state index contributed by atoms with van der Waals surface area (Å²) in [5.41, 5.74) is 1.22. The molecule has 0 bridgehead atoms. The molecule has 1 aromatic heterocycles. The molecule has 0 saturated carbocycles. The smallest absolute Gasteiger partial charge is 0.242 e. The quantitative estimate of drug-likeness (QED) is 0.873. The highest BCUT2D eigenvalue weighted by molar-refractivity contribution is 7.07. The second-order valence-electron chi connectivity index (χ2n) is 4.38. The third-order valence-corrected chi connectivity index (χ3v) is 3.82. The van der Waals surface area contributed by atoms with Gasteiger partial charge in [-0.25, -0.2) is 0 Å². The number of hydrogen-bond donors (Lipinski definition) is 1. The van der Waals surface area contributed by atoms with Gasteiger partial charge < -0.3 is 10.2 Å². The van der Waals surface area contributed by atoms with E-state index < -0.39 is 0 Å². The van der Waals surface area contributed by atoms with E-state index in [9.17, 15) is 9.59 Å². The maximum absolute atomic E-state index is 11.8. The number of piperazine rings is 1. The molecule has 1 aliphatic rings. The lowest BCUT2D eigenvalue weighted by molar-refractivity contribution is -0.147. The average Bonchev–Trinajstić information content (AvgIpc) is 2.77. The van der Waals surface area contributed by atoms with Crippen LogP contribution in [0.3, 0.4) is 0 Å². The van der Waals surface area contributed by atoms with Gasteiger partial charge in [-0.15, -0.1) is 0 Å². The van der Waals surface area contributed by atoms with Gasteiger partial charge in [-0.1, -0.05) is 0 Å². The van der Waals surface area contributed by atoms with Crippen LogP contribution in [0, 0.1) is 0 Å². The first-order chi connectivity index (χ1) is 8.09. The second-order valence-corrected chi connectivity index (χ2v) is 5.16. The molecule has 0 aliphatic carbocycles. The largest absolute Gasteiger partial charge is 0.345 e. The highest BCUT2D eigenvalue weighted by Gasteiger charge is 2.33. The summed E-state index contributed by atoms with van der Waals surface area (Å²) >= 11 is 1.65. The molecule has 0 aromatic carbocycles. The molecule has 1 fully saturated rings. The minimum Gasteiger partial charge on any atom is -0.345 e. The Morgan fingerprint density at radius 2 is 2.35 bits per heavy atom. The van der Waals surface area contributed by atoms with E-state index in [-0.39, 0.29) is 30.4 Å². The fourth-order valence-corrected chi connectivity index (χ4v) is 2.90. The van der Waals surface area contributed by atoms with E-state index in [1.54, 1.807) is 23.2 Å². The average molecular weight is 252 g/mol. The number of carbonyl (C=O) groups is 2. The minimum atomic E-state index is -0.370. The zero-order valence-corrected chi connectivity index (χ0v) is 10.8. The first-order valence-electron chi connectivity index (χ1n) is 5.69. The van der Waals surface area contributed by atoms with Gasteiger partial charge >= 0.3 is 0 Å². The second kappa shape index (κ2) is 4.87. The van der Waals surface area contributed by atoms with Gasteiger partial charge in [0.05, 0.1) is 6.54 Å². The molecule has 0 spiro atoms. The van der Waals surface area contributed by atoms with Crippen LogP contribution in [0.4, 0.5) is 0 Å². The Labute approximate surface area is 105 Å². The lowest BCUT2D eigenvalue weighted by Gasteiger charge is -2.37. The summed E-state index contributed by atoms with van der Waals surface area (Å²) in [6, 6.07) is 1.74. The molecule has 2 atom stereocenters. The molecule has 2 unspecified atom stereocenters. The maximum atomic E-state index is 11.8. The van der Waals surface area contributed by atoms with Crippen molar-refractivity contribution in [2.75, 3.05) is 6.54 Å². The Morgan fingerprint density at radius 1 is 1.59 bits per heavy atom. The molecule has 1 aromatic rings. The van der Waals surface area contributed by atoms with E-state index in [2.05, 4.69) is 16.8 Å². The van der Waals surface area contributed by atoms with E-state index in [0.29, 0.717) is 0 Å². The van der Waals surface area contributed by atoms with Crippen LogP contribution >= 0.6 is 11.3 Å². The summed E-state index contributed by atoms with van der Waals surface area (Å²) < 4.78 is 0. The van der Waals surface area contributed by atoms with Crippen LogP contribution in [0.2, 0.25) is 0 Å². The molecule has 2 heterocycles. The summed E-state index contributed by atoms with van der Waals surface area (Å²) in [4.78, 5) is 25.1. The van der Waals surface area contributed by atoms with Gasteiger partial charge in [0.15, 0.2) is 0 Å². The molecule has 4 nitrogen and oxygen atoms in total. The van der Waals surface area contributed by atoms with Crippen LogP contribution in [0.25, 0.3) is 0 Å². The monoisotopic (exact) mass is 252 g/mol. The first-order valence-corrected chi connectivity index (χ1v) is 6.64. The third-order valence-electron chi connectivity index (χ3n) is 3.08. The van der Waals surface area contributed by atoms with Crippen molar-refractivity contribution in [3.8, 4) is 0 Å². The van der Waals surface area contributed by atoms with Crippen LogP contribution in [-0.2, 0) is 16.0 Å². The van der Waals surface area contributed by atoms with Crippen molar-refractivity contribution in [1.29, 1.82) is 0 Å². The lowest BCUT2D eigenvalue weighted by atomic mass is 10.1. The predicted octanol–water partition coefficient (Wildman–Crippen LogP) is 1.03. The number of hydrogen-bond acceptors (Lipinski definition) is 3. The highest BCUT2D eigenvalue weighted by atomic mass is 32.1. The maximum Gasteiger partial charge on any atom is 0.242 e. The fraction of sp³-hybridized carbons (Fsp3) is 0.500. The minimum absolute atomic E-state index is 0.000158. The Bertz CT molecular complexity index is 416. The molecule has 2 rings (SSSR count). The molecule has 2 amide bonds. The number of thiophene rings is 1. The van der Waals surface area contributed by atoms with Crippen molar-refractivity contribution < 1.29 is 9.59 Å². The highest BCUT2D eigenvalue weighted by Crippen LogP contribution is 2.16. The summed E-state index contributed by atoms with van der Waals surface area (Å²) in [7, 11) is 0. The van der Waals surface area contributed by atoms with Gasteiger partial charge in [0, 0.05) is 6.04 Å². The molecule has 1 N–H and O–H groups in total. The van der Waals surface area contributed by atoms with Crippen molar-refractivity contribution in [1.82, 2.24) is 10.2 Å². The van der Waals surface area contributed by atoms with Crippen molar-refractivity contribution in [3.05, 3.63) is 22.4 Å². The van der Waals surface area contributed by atoms with Crippen LogP contribution < -0.4 is 5.32 Å². The third kappa shape index (κ3) is 2.49. The van der Waals surface area contributed by atoms with Crippen LogP contribution in [0.15, 0.2) is 16.8 Å². The number of rotatable bonds is 3. The Kier molecular flexibility index (Phi) is 3.47. The van der Waals surface area contributed by atoms with E-state index >= 15 is 0 Å². The van der Waals surface area contributed by atoms with Crippen LogP contribution in [0.5, 0.6) is 0 Å². The van der Waals surface area contributed by atoms with Gasteiger partial charge in [0.25, 0.3) is 0 Å². The number of nitrogens with zero attached hydrogens (tertiary/aromatic N) is 1. The van der Waals surface area contributed by atoms with Gasteiger partial charge in [0.1, 0.15) is 6.04 Å². The first kappa shape index (κ1) is 12.1. The zero-order chi connectivity index (χ0) is 12.4. The Balaban J connectivity index is 2.08. The summed E-state index contributed by atoms with van der Waals surface area (Å²) in [5.74, 6) is -0.0680. The van der Waals surface area contributed by atoms with Crippen molar-refractivity contribution in [2.45, 2.75) is 32.4 Å². The van der Waals surface area contributed by atoms with E-state index in [1.165, 1.54) is 5.56 Å². The van der Waals surface area contributed by atoms with Crippen LogP contribution in [-0.4, -0.2) is 35.3 Å². The standard InChI is InChI=1S/C12H16N2O2S/c1-8(5-10-3-4-17-7-10)14-9(2)12(16)13-6-11(14)15/h3-4,7-9H,5-6H2,1-2H3,(H,13,16). The van der Waals surface area contributed by atoms with E-state index in [4.69, 9.17) is 0 Å². The van der Waals surface area contributed by atoms with Gasteiger partial charge in [-0.3, -0.25) is 9.59 Å². The molecule has 92 valence electrons. The van der Waals surface area contributed by atoms with Crippen molar-refractivity contribution in [3.63, 3.8) is 0 Å². The summed E-state index contributed by atoms with van der Waals surface area (Å²) in [6.07, 6.45) is 0.798. The number of nitrogens with one attached hydrogen (secondary N) is 1. The van der Waals surface area contributed by atoms with Gasteiger partial charge in [0.2, 0.25) is 11.8 Å². The molecule has 5 heteroatoms. The van der Waals surface area contributed by atoms with Crippen molar-refractivity contribution in [2.24, 2.45) is 0 Å². The molecule has 1 aliphatic heterocycles. The summed E-state index contributed by atoms with van der Waals surface area (Å²) in [5, 5.41) is 6.70. The van der Waals surface area contributed by atoms with Gasteiger partial charge in [-0.05, 0) is 42.7 Å². The SMILES string of the molecule is CC(Cc1ccsc1)N1C(=O)CNC(=O)C1C. The fourth-order valence-electron chi connectivity index (χ4n) is 2.22. The normalized spacial score (nSPS) is 22.5. The molecular formula is C12H16N2O2S. The lowest BCUT2D eigenvalue weighted by Crippen LogP contribution is -2.60.